The topological polar surface area (TPSA) is 77.3 Å². The monoisotopic (exact) mass is 403 g/mol. The molecule has 0 unspecified atom stereocenters. The Balaban J connectivity index is 2.43. The average Bonchev–Trinajstić information content (AvgIpc) is 2.41. The van der Waals surface area contributed by atoms with Crippen LogP contribution in [-0.2, 0) is 15.6 Å². The molecule has 0 heterocycles. The average molecular weight is 403 g/mol. The molecule has 0 N–H and O–H groups in total. The minimum atomic E-state index is -3.59. The van der Waals surface area contributed by atoms with E-state index in [0.717, 1.165) is 0 Å². The summed E-state index contributed by atoms with van der Waals surface area (Å²) in [6.45, 7) is 0. The van der Waals surface area contributed by atoms with Gasteiger partial charge in [-0.25, -0.2) is 8.42 Å². The highest BCUT2D eigenvalue weighted by Crippen LogP contribution is 2.25. The van der Waals surface area contributed by atoms with Crippen molar-refractivity contribution in [2.45, 2.75) is 10.6 Å². The van der Waals surface area contributed by atoms with Gasteiger partial charge in [-0.3, -0.25) is 10.1 Å². The van der Waals surface area contributed by atoms with Gasteiger partial charge in [0.2, 0.25) is 0 Å². The van der Waals surface area contributed by atoms with Gasteiger partial charge in [0.1, 0.15) is 0 Å². The molecule has 0 fully saturated rings. The third-order valence-corrected chi connectivity index (χ3v) is 5.04. The molecule has 2 aromatic carbocycles. The maximum Gasteiger partial charge on any atom is 0.274 e. The van der Waals surface area contributed by atoms with E-state index in [1.807, 2.05) is 22.6 Å². The van der Waals surface area contributed by atoms with Crippen LogP contribution in [0.2, 0.25) is 0 Å². The summed E-state index contributed by atoms with van der Waals surface area (Å²) in [6.07, 6.45) is 0. The number of halogens is 1. The fourth-order valence-corrected chi connectivity index (χ4v) is 3.61. The van der Waals surface area contributed by atoms with Crippen LogP contribution in [0.4, 0.5) is 5.69 Å². The van der Waals surface area contributed by atoms with E-state index in [0.29, 0.717) is 3.57 Å². The lowest BCUT2D eigenvalue weighted by atomic mass is 10.2. The summed E-state index contributed by atoms with van der Waals surface area (Å²) in [7, 11) is -3.59. The van der Waals surface area contributed by atoms with Crippen molar-refractivity contribution in [1.82, 2.24) is 0 Å². The quantitative estimate of drug-likeness (QED) is 0.447. The highest BCUT2D eigenvalue weighted by molar-refractivity contribution is 14.1. The van der Waals surface area contributed by atoms with E-state index in [4.69, 9.17) is 0 Å². The first-order valence-electron chi connectivity index (χ1n) is 5.61. The van der Waals surface area contributed by atoms with Crippen LogP contribution in [-0.4, -0.2) is 13.3 Å². The molecule has 5 nitrogen and oxygen atoms in total. The third kappa shape index (κ3) is 3.34. The van der Waals surface area contributed by atoms with Gasteiger partial charge in [0.05, 0.1) is 15.6 Å². The van der Waals surface area contributed by atoms with Crippen molar-refractivity contribution in [3.63, 3.8) is 0 Å². The van der Waals surface area contributed by atoms with Crippen molar-refractivity contribution in [3.05, 3.63) is 67.8 Å². The van der Waals surface area contributed by atoms with Gasteiger partial charge < -0.3 is 0 Å². The van der Waals surface area contributed by atoms with E-state index in [1.54, 1.807) is 24.3 Å². The number of nitro benzene ring substituents is 1. The van der Waals surface area contributed by atoms with Gasteiger partial charge in [-0.15, -0.1) is 0 Å². The molecule has 2 rings (SSSR count). The molecular weight excluding hydrogens is 393 g/mol. The highest BCUT2D eigenvalue weighted by atomic mass is 127. The summed E-state index contributed by atoms with van der Waals surface area (Å²) in [5.74, 6) is -0.385. The lowest BCUT2D eigenvalue weighted by molar-refractivity contribution is -0.385. The number of sulfone groups is 1. The fourth-order valence-electron chi connectivity index (χ4n) is 1.74. The Kier molecular flexibility index (Phi) is 4.39. The number of hydrogen-bond acceptors (Lipinski definition) is 4. The minimum Gasteiger partial charge on any atom is -0.258 e. The Morgan fingerprint density at radius 3 is 2.35 bits per heavy atom. The molecular formula is C13H10INO4S. The van der Waals surface area contributed by atoms with E-state index < -0.39 is 14.8 Å². The number of nitrogens with zero attached hydrogens (tertiary/aromatic N) is 1. The first-order valence-corrected chi connectivity index (χ1v) is 8.34. The van der Waals surface area contributed by atoms with Crippen LogP contribution >= 0.6 is 22.6 Å². The summed E-state index contributed by atoms with van der Waals surface area (Å²) >= 11 is 1.95. The lowest BCUT2D eigenvalue weighted by Crippen LogP contribution is -2.07. The molecule has 0 aromatic heterocycles. The molecule has 2 aromatic rings. The second-order valence-corrected chi connectivity index (χ2v) is 7.34. The molecule has 0 aliphatic rings. The third-order valence-electron chi connectivity index (χ3n) is 2.69. The molecule has 0 saturated heterocycles. The van der Waals surface area contributed by atoms with Crippen LogP contribution in [0.15, 0.2) is 53.4 Å². The molecule has 0 radical (unpaired) electrons. The first-order chi connectivity index (χ1) is 9.40. The fraction of sp³-hybridized carbons (Fsp3) is 0.0769. The van der Waals surface area contributed by atoms with Gasteiger partial charge in [0, 0.05) is 15.2 Å². The minimum absolute atomic E-state index is 0.160. The van der Waals surface area contributed by atoms with Crippen LogP contribution in [0.5, 0.6) is 0 Å². The maximum absolute atomic E-state index is 12.2. The zero-order chi connectivity index (χ0) is 14.8. The van der Waals surface area contributed by atoms with Gasteiger partial charge >= 0.3 is 0 Å². The van der Waals surface area contributed by atoms with E-state index in [1.165, 1.54) is 24.3 Å². The molecule has 0 atom stereocenters. The standard InChI is InChI=1S/C13H10INO4S/c14-11-7-6-10(13(8-11)15(16)17)9-20(18,19)12-4-2-1-3-5-12/h1-8H,9H2. The Bertz CT molecular complexity index is 744. The second kappa shape index (κ2) is 5.88. The number of benzene rings is 2. The van der Waals surface area contributed by atoms with Gasteiger partial charge in [-0.2, -0.15) is 0 Å². The molecule has 0 aliphatic carbocycles. The largest absolute Gasteiger partial charge is 0.274 e. The molecule has 7 heteroatoms. The van der Waals surface area contributed by atoms with E-state index in [-0.39, 0.29) is 21.9 Å². The Labute approximate surface area is 129 Å². The van der Waals surface area contributed by atoms with Gasteiger partial charge in [0.15, 0.2) is 9.84 Å². The van der Waals surface area contributed by atoms with Crippen molar-refractivity contribution < 1.29 is 13.3 Å². The van der Waals surface area contributed by atoms with Crippen molar-refractivity contribution in [3.8, 4) is 0 Å². The van der Waals surface area contributed by atoms with E-state index in [9.17, 15) is 18.5 Å². The molecule has 0 saturated carbocycles. The predicted octanol–water partition coefficient (Wildman–Crippen LogP) is 3.17. The van der Waals surface area contributed by atoms with E-state index >= 15 is 0 Å². The zero-order valence-corrected chi connectivity index (χ0v) is 13.2. The molecule has 0 bridgehead atoms. The summed E-state index contributed by atoms with van der Waals surface area (Å²) in [5.41, 5.74) is 0.0238. The first kappa shape index (κ1) is 14.9. The molecule has 0 spiro atoms. The Hall–Kier alpha value is -1.48. The molecule has 0 aliphatic heterocycles. The smallest absolute Gasteiger partial charge is 0.258 e. The van der Waals surface area contributed by atoms with Gasteiger partial charge in [0.25, 0.3) is 5.69 Å². The number of rotatable bonds is 4. The zero-order valence-electron chi connectivity index (χ0n) is 10.2. The Morgan fingerprint density at radius 2 is 1.75 bits per heavy atom. The lowest BCUT2D eigenvalue weighted by Gasteiger charge is -2.06. The molecule has 20 heavy (non-hydrogen) atoms. The van der Waals surface area contributed by atoms with Crippen LogP contribution in [0.25, 0.3) is 0 Å². The van der Waals surface area contributed by atoms with Crippen molar-refractivity contribution >= 4 is 38.1 Å². The summed E-state index contributed by atoms with van der Waals surface area (Å²) in [4.78, 5) is 10.6. The number of nitro groups is 1. The Morgan fingerprint density at radius 1 is 1.10 bits per heavy atom. The highest BCUT2D eigenvalue weighted by Gasteiger charge is 2.22. The molecule has 0 amide bonds. The van der Waals surface area contributed by atoms with Crippen molar-refractivity contribution in [1.29, 1.82) is 0 Å². The van der Waals surface area contributed by atoms with Crippen LogP contribution in [0.1, 0.15) is 5.56 Å². The summed E-state index contributed by atoms with van der Waals surface area (Å²) in [6, 6.07) is 12.4. The van der Waals surface area contributed by atoms with Gasteiger partial charge in [-0.05, 0) is 40.8 Å². The molecule has 104 valence electrons. The number of hydrogen-bond donors (Lipinski definition) is 0. The van der Waals surface area contributed by atoms with E-state index in [2.05, 4.69) is 0 Å². The van der Waals surface area contributed by atoms with Crippen molar-refractivity contribution in [2.24, 2.45) is 0 Å². The predicted molar refractivity (Wildman–Crippen MR) is 83.1 cm³/mol. The SMILES string of the molecule is O=[N+]([O-])c1cc(I)ccc1CS(=O)(=O)c1ccccc1. The second-order valence-electron chi connectivity index (χ2n) is 4.10. The van der Waals surface area contributed by atoms with Crippen molar-refractivity contribution in [2.75, 3.05) is 0 Å². The van der Waals surface area contributed by atoms with Gasteiger partial charge in [-0.1, -0.05) is 24.3 Å². The normalized spacial score (nSPS) is 11.2. The van der Waals surface area contributed by atoms with Crippen LogP contribution in [0, 0.1) is 13.7 Å². The van der Waals surface area contributed by atoms with Crippen LogP contribution < -0.4 is 0 Å². The summed E-state index contributed by atoms with van der Waals surface area (Å²) in [5, 5.41) is 11.0. The summed E-state index contributed by atoms with van der Waals surface area (Å²) < 4.78 is 25.2. The maximum atomic E-state index is 12.2. The van der Waals surface area contributed by atoms with Crippen LogP contribution in [0.3, 0.4) is 0 Å².